The molecule has 3 rings (SSSR count). The van der Waals surface area contributed by atoms with Crippen LogP contribution in [0.3, 0.4) is 0 Å². The third-order valence-corrected chi connectivity index (χ3v) is 6.19. The van der Waals surface area contributed by atoms with Crippen molar-refractivity contribution >= 4 is 40.2 Å². The molecule has 1 aromatic heterocycles. The lowest BCUT2D eigenvalue weighted by molar-refractivity contribution is -0.119. The van der Waals surface area contributed by atoms with Crippen LogP contribution >= 0.6 is 23.4 Å². The molecule has 0 unspecified atom stereocenters. The van der Waals surface area contributed by atoms with Crippen LogP contribution in [0.15, 0.2) is 40.8 Å². The van der Waals surface area contributed by atoms with E-state index in [2.05, 4.69) is 23.8 Å². The van der Waals surface area contributed by atoms with Gasteiger partial charge in [0.15, 0.2) is 5.16 Å². The highest BCUT2D eigenvalue weighted by Gasteiger charge is 2.23. The number of amides is 1. The predicted molar refractivity (Wildman–Crippen MR) is 111 cm³/mol. The molecular formula is C20H24ClN3O2S. The number of halogens is 1. The summed E-state index contributed by atoms with van der Waals surface area (Å²) in [5.41, 5.74) is 0.403. The molecule has 2 aromatic rings. The van der Waals surface area contributed by atoms with E-state index in [1.54, 1.807) is 24.3 Å². The molecule has 1 N–H and O–H groups in total. The van der Waals surface area contributed by atoms with Crippen LogP contribution in [0.1, 0.15) is 32.6 Å². The number of fused-ring (bicyclic) bond motifs is 1. The number of benzene rings is 1. The largest absolute Gasteiger partial charge is 0.352 e. The molecule has 1 aromatic carbocycles. The van der Waals surface area contributed by atoms with Crippen molar-refractivity contribution in [3.8, 4) is 0 Å². The molecule has 2 atom stereocenters. The average Bonchev–Trinajstić information content (AvgIpc) is 2.65. The van der Waals surface area contributed by atoms with Crippen LogP contribution in [-0.4, -0.2) is 27.3 Å². The van der Waals surface area contributed by atoms with E-state index < -0.39 is 0 Å². The predicted octanol–water partition coefficient (Wildman–Crippen LogP) is 4.02. The SMILES string of the molecule is C=CCn1c(SCC(=O)N[C@@H]2CCCC[C@H]2C)nc2ccc(Cl)cc2c1=O. The molecule has 1 fully saturated rings. The molecule has 0 spiro atoms. The average molecular weight is 406 g/mol. The molecule has 0 saturated heterocycles. The highest BCUT2D eigenvalue weighted by atomic mass is 35.5. The lowest BCUT2D eigenvalue weighted by Gasteiger charge is -2.29. The van der Waals surface area contributed by atoms with Crippen molar-refractivity contribution < 1.29 is 4.79 Å². The fourth-order valence-electron chi connectivity index (χ4n) is 3.48. The van der Waals surface area contributed by atoms with Crippen LogP contribution in [0.4, 0.5) is 0 Å². The van der Waals surface area contributed by atoms with E-state index in [0.29, 0.717) is 33.5 Å². The molecule has 0 aliphatic heterocycles. The first-order valence-electron chi connectivity index (χ1n) is 9.22. The van der Waals surface area contributed by atoms with Gasteiger partial charge in [-0.05, 0) is 37.0 Å². The Kier molecular flexibility index (Phi) is 6.60. The third kappa shape index (κ3) is 4.74. The van der Waals surface area contributed by atoms with Gasteiger partial charge in [-0.25, -0.2) is 4.98 Å². The molecule has 144 valence electrons. The first-order valence-corrected chi connectivity index (χ1v) is 10.6. The third-order valence-electron chi connectivity index (χ3n) is 4.98. The highest BCUT2D eigenvalue weighted by molar-refractivity contribution is 7.99. The van der Waals surface area contributed by atoms with E-state index in [1.165, 1.54) is 22.7 Å². The zero-order valence-electron chi connectivity index (χ0n) is 15.4. The van der Waals surface area contributed by atoms with Crippen molar-refractivity contribution in [1.29, 1.82) is 0 Å². The number of nitrogens with one attached hydrogen (secondary N) is 1. The summed E-state index contributed by atoms with van der Waals surface area (Å²) in [5, 5.41) is 4.61. The number of carbonyl (C=O) groups excluding carboxylic acids is 1. The van der Waals surface area contributed by atoms with Crippen molar-refractivity contribution in [3.05, 3.63) is 46.2 Å². The van der Waals surface area contributed by atoms with Crippen molar-refractivity contribution in [2.45, 2.75) is 50.4 Å². The van der Waals surface area contributed by atoms with Gasteiger partial charge in [-0.2, -0.15) is 0 Å². The van der Waals surface area contributed by atoms with Crippen LogP contribution in [0.2, 0.25) is 5.02 Å². The van der Waals surface area contributed by atoms with Gasteiger partial charge in [0.25, 0.3) is 5.56 Å². The van der Waals surface area contributed by atoms with Crippen LogP contribution in [0, 0.1) is 5.92 Å². The molecule has 1 aliphatic rings. The van der Waals surface area contributed by atoms with Crippen LogP contribution in [0.25, 0.3) is 10.9 Å². The Morgan fingerprint density at radius 2 is 2.22 bits per heavy atom. The lowest BCUT2D eigenvalue weighted by Crippen LogP contribution is -2.41. The Balaban J connectivity index is 1.78. The topological polar surface area (TPSA) is 64.0 Å². The molecular weight excluding hydrogens is 382 g/mol. The number of carbonyl (C=O) groups is 1. The van der Waals surface area contributed by atoms with E-state index >= 15 is 0 Å². The fraction of sp³-hybridized carbons (Fsp3) is 0.450. The Labute approximate surface area is 168 Å². The summed E-state index contributed by atoms with van der Waals surface area (Å²) in [7, 11) is 0. The van der Waals surface area contributed by atoms with E-state index in [4.69, 9.17) is 11.6 Å². The number of allylic oxidation sites excluding steroid dienone is 1. The molecule has 5 nitrogen and oxygen atoms in total. The van der Waals surface area contributed by atoms with Gasteiger partial charge in [0.2, 0.25) is 5.91 Å². The summed E-state index contributed by atoms with van der Waals surface area (Å²) in [4.78, 5) is 29.8. The first kappa shape index (κ1) is 20.0. The molecule has 0 radical (unpaired) electrons. The number of rotatable bonds is 6. The molecule has 0 bridgehead atoms. The van der Waals surface area contributed by atoms with E-state index in [9.17, 15) is 9.59 Å². The number of nitrogens with zero attached hydrogens (tertiary/aromatic N) is 2. The molecule has 27 heavy (non-hydrogen) atoms. The van der Waals surface area contributed by atoms with Crippen molar-refractivity contribution in [1.82, 2.24) is 14.9 Å². The summed E-state index contributed by atoms with van der Waals surface area (Å²) in [5.74, 6) is 0.718. The molecule has 1 heterocycles. The minimum Gasteiger partial charge on any atom is -0.352 e. The number of aromatic nitrogens is 2. The minimum atomic E-state index is -0.175. The summed E-state index contributed by atoms with van der Waals surface area (Å²) in [6.45, 7) is 6.24. The second-order valence-electron chi connectivity index (χ2n) is 6.98. The smallest absolute Gasteiger partial charge is 0.262 e. The van der Waals surface area contributed by atoms with Gasteiger partial charge in [0.05, 0.1) is 16.7 Å². The molecule has 1 aliphatic carbocycles. The van der Waals surface area contributed by atoms with Crippen LogP contribution in [-0.2, 0) is 11.3 Å². The fourth-order valence-corrected chi connectivity index (χ4v) is 4.47. The van der Waals surface area contributed by atoms with Gasteiger partial charge in [0, 0.05) is 17.6 Å². The second kappa shape index (κ2) is 8.93. The summed E-state index contributed by atoms with van der Waals surface area (Å²) in [6.07, 6.45) is 6.24. The van der Waals surface area contributed by atoms with Gasteiger partial charge in [-0.1, -0.05) is 49.2 Å². The second-order valence-corrected chi connectivity index (χ2v) is 8.36. The molecule has 7 heteroatoms. The maximum atomic E-state index is 12.8. The monoisotopic (exact) mass is 405 g/mol. The normalized spacial score (nSPS) is 19.8. The highest BCUT2D eigenvalue weighted by Crippen LogP contribution is 2.24. The number of thioether (sulfide) groups is 1. The van der Waals surface area contributed by atoms with Gasteiger partial charge in [0.1, 0.15) is 0 Å². The Morgan fingerprint density at radius 1 is 1.44 bits per heavy atom. The summed E-state index contributed by atoms with van der Waals surface area (Å²) < 4.78 is 1.53. The first-order chi connectivity index (χ1) is 13.0. The molecule has 1 saturated carbocycles. The Morgan fingerprint density at radius 3 is 2.96 bits per heavy atom. The van der Waals surface area contributed by atoms with Gasteiger partial charge in [-0.3, -0.25) is 14.2 Å². The Bertz CT molecular complexity index is 912. The number of hydrogen-bond acceptors (Lipinski definition) is 4. The van der Waals surface area contributed by atoms with E-state index in [0.717, 1.165) is 19.3 Å². The Hall–Kier alpha value is -1.79. The standard InChI is InChI=1S/C20H24ClN3O2S/c1-3-10-24-19(26)15-11-14(21)8-9-17(15)23-20(24)27-12-18(25)22-16-7-5-4-6-13(16)2/h3,8-9,11,13,16H,1,4-7,10,12H2,2H3,(H,22,25)/t13-,16-/m1/s1. The van der Waals surface area contributed by atoms with Gasteiger partial charge < -0.3 is 5.32 Å². The zero-order chi connectivity index (χ0) is 19.4. The number of hydrogen-bond donors (Lipinski definition) is 1. The summed E-state index contributed by atoms with van der Waals surface area (Å²) >= 11 is 7.29. The zero-order valence-corrected chi connectivity index (χ0v) is 17.0. The minimum absolute atomic E-state index is 0.0191. The van der Waals surface area contributed by atoms with E-state index in [-0.39, 0.29) is 23.3 Å². The quantitative estimate of drug-likeness (QED) is 0.448. The van der Waals surface area contributed by atoms with Crippen molar-refractivity contribution in [3.63, 3.8) is 0 Å². The maximum Gasteiger partial charge on any atom is 0.262 e. The van der Waals surface area contributed by atoms with Crippen molar-refractivity contribution in [2.75, 3.05) is 5.75 Å². The van der Waals surface area contributed by atoms with Crippen LogP contribution < -0.4 is 10.9 Å². The van der Waals surface area contributed by atoms with Gasteiger partial charge >= 0.3 is 0 Å². The molecule has 1 amide bonds. The van der Waals surface area contributed by atoms with Crippen LogP contribution in [0.5, 0.6) is 0 Å². The maximum absolute atomic E-state index is 12.8. The lowest BCUT2D eigenvalue weighted by atomic mass is 9.86. The summed E-state index contributed by atoms with van der Waals surface area (Å²) in [6, 6.07) is 5.30. The van der Waals surface area contributed by atoms with Crippen molar-refractivity contribution in [2.24, 2.45) is 5.92 Å². The van der Waals surface area contributed by atoms with Gasteiger partial charge in [-0.15, -0.1) is 6.58 Å². The van der Waals surface area contributed by atoms with E-state index in [1.807, 2.05) is 0 Å².